The zero-order valence-electron chi connectivity index (χ0n) is 11.2. The number of aliphatic hydroxyl groups is 1. The molecule has 3 atom stereocenters. The molecule has 1 fully saturated rings. The van der Waals surface area contributed by atoms with Gasteiger partial charge in [-0.15, -0.1) is 0 Å². The summed E-state index contributed by atoms with van der Waals surface area (Å²) in [5.41, 5.74) is 1.68. The molecule has 1 aliphatic carbocycles. The second-order valence-corrected chi connectivity index (χ2v) is 5.96. The Labute approximate surface area is 100 Å². The Balaban J connectivity index is 2.73. The van der Waals surface area contributed by atoms with Crippen molar-refractivity contribution < 1.29 is 5.11 Å². The summed E-state index contributed by atoms with van der Waals surface area (Å²) >= 11 is 0. The molecule has 0 bridgehead atoms. The van der Waals surface area contributed by atoms with E-state index in [1.54, 1.807) is 0 Å². The SMILES string of the molecule is C=C1CCCC(C)(C)C1/C=C/C(C)C(C)O. The van der Waals surface area contributed by atoms with Crippen molar-refractivity contribution in [2.45, 2.75) is 53.1 Å². The molecule has 3 unspecified atom stereocenters. The molecule has 1 nitrogen and oxygen atoms in total. The minimum absolute atomic E-state index is 0.227. The first-order chi connectivity index (χ1) is 7.34. The van der Waals surface area contributed by atoms with Gasteiger partial charge in [-0.25, -0.2) is 0 Å². The van der Waals surface area contributed by atoms with Crippen LogP contribution < -0.4 is 0 Å². The number of aliphatic hydroxyl groups excluding tert-OH is 1. The van der Waals surface area contributed by atoms with Gasteiger partial charge in [0.1, 0.15) is 0 Å². The molecule has 0 heterocycles. The van der Waals surface area contributed by atoms with Gasteiger partial charge < -0.3 is 5.11 Å². The van der Waals surface area contributed by atoms with Crippen LogP contribution >= 0.6 is 0 Å². The van der Waals surface area contributed by atoms with Gasteiger partial charge in [-0.3, -0.25) is 0 Å². The maximum Gasteiger partial charge on any atom is 0.0572 e. The van der Waals surface area contributed by atoms with Crippen LogP contribution in [0.15, 0.2) is 24.3 Å². The first-order valence-corrected chi connectivity index (χ1v) is 6.38. The molecule has 0 aromatic rings. The van der Waals surface area contributed by atoms with E-state index in [-0.39, 0.29) is 12.0 Å². The first kappa shape index (κ1) is 13.5. The van der Waals surface area contributed by atoms with E-state index in [4.69, 9.17) is 0 Å². The van der Waals surface area contributed by atoms with Gasteiger partial charge in [-0.1, -0.05) is 45.1 Å². The van der Waals surface area contributed by atoms with Gasteiger partial charge in [0.25, 0.3) is 0 Å². The van der Waals surface area contributed by atoms with Crippen molar-refractivity contribution in [3.63, 3.8) is 0 Å². The van der Waals surface area contributed by atoms with Crippen LogP contribution in [0.25, 0.3) is 0 Å². The highest BCUT2D eigenvalue weighted by Gasteiger charge is 2.32. The van der Waals surface area contributed by atoms with Crippen molar-refractivity contribution in [2.75, 3.05) is 0 Å². The Kier molecular flexibility index (Phi) is 4.37. The van der Waals surface area contributed by atoms with Crippen molar-refractivity contribution in [1.29, 1.82) is 0 Å². The van der Waals surface area contributed by atoms with Crippen LogP contribution in [0.5, 0.6) is 0 Å². The molecule has 0 aromatic heterocycles. The molecule has 0 spiro atoms. The number of hydrogen-bond donors (Lipinski definition) is 1. The number of allylic oxidation sites excluding steroid dienone is 2. The smallest absolute Gasteiger partial charge is 0.0572 e. The largest absolute Gasteiger partial charge is 0.393 e. The summed E-state index contributed by atoms with van der Waals surface area (Å²) in [5, 5.41) is 9.47. The van der Waals surface area contributed by atoms with Crippen LogP contribution in [-0.4, -0.2) is 11.2 Å². The summed E-state index contributed by atoms with van der Waals surface area (Å²) in [6.45, 7) is 12.7. The highest BCUT2D eigenvalue weighted by Crippen LogP contribution is 2.43. The summed E-state index contributed by atoms with van der Waals surface area (Å²) in [5.74, 6) is 0.702. The fourth-order valence-electron chi connectivity index (χ4n) is 2.48. The highest BCUT2D eigenvalue weighted by atomic mass is 16.3. The molecular formula is C15H26O. The molecular weight excluding hydrogens is 196 g/mol. The average Bonchev–Trinajstić information content (AvgIpc) is 2.15. The third-order valence-electron chi connectivity index (χ3n) is 3.97. The lowest BCUT2D eigenvalue weighted by Crippen LogP contribution is -2.28. The van der Waals surface area contributed by atoms with Crippen LogP contribution in [0.2, 0.25) is 0 Å². The van der Waals surface area contributed by atoms with Crippen LogP contribution in [-0.2, 0) is 0 Å². The predicted molar refractivity (Wildman–Crippen MR) is 70.2 cm³/mol. The quantitative estimate of drug-likeness (QED) is 0.717. The zero-order chi connectivity index (χ0) is 12.3. The highest BCUT2D eigenvalue weighted by molar-refractivity contribution is 5.17. The van der Waals surface area contributed by atoms with Gasteiger partial charge >= 0.3 is 0 Å². The summed E-state index contributed by atoms with van der Waals surface area (Å²) in [6.07, 6.45) is 7.83. The summed E-state index contributed by atoms with van der Waals surface area (Å²) < 4.78 is 0. The molecule has 1 rings (SSSR count). The molecule has 1 aliphatic rings. The second kappa shape index (κ2) is 5.18. The molecule has 0 aromatic carbocycles. The van der Waals surface area contributed by atoms with E-state index in [0.717, 1.165) is 6.42 Å². The van der Waals surface area contributed by atoms with Gasteiger partial charge in [0, 0.05) is 5.92 Å². The Morgan fingerprint density at radius 2 is 2.06 bits per heavy atom. The lowest BCUT2D eigenvalue weighted by atomic mass is 9.66. The zero-order valence-corrected chi connectivity index (χ0v) is 11.2. The van der Waals surface area contributed by atoms with Crippen molar-refractivity contribution in [3.8, 4) is 0 Å². The van der Waals surface area contributed by atoms with Crippen molar-refractivity contribution >= 4 is 0 Å². The molecule has 0 radical (unpaired) electrons. The molecule has 16 heavy (non-hydrogen) atoms. The van der Waals surface area contributed by atoms with Crippen LogP contribution in [0, 0.1) is 17.3 Å². The first-order valence-electron chi connectivity index (χ1n) is 6.38. The minimum Gasteiger partial charge on any atom is -0.393 e. The van der Waals surface area contributed by atoms with E-state index in [9.17, 15) is 5.11 Å². The summed E-state index contributed by atoms with van der Waals surface area (Å²) in [7, 11) is 0. The van der Waals surface area contributed by atoms with Gasteiger partial charge in [0.05, 0.1) is 6.10 Å². The Morgan fingerprint density at radius 1 is 1.44 bits per heavy atom. The Hall–Kier alpha value is -0.560. The summed E-state index contributed by atoms with van der Waals surface area (Å²) in [4.78, 5) is 0. The van der Waals surface area contributed by atoms with Crippen LogP contribution in [0.4, 0.5) is 0 Å². The molecule has 1 heteroatoms. The fourth-order valence-corrected chi connectivity index (χ4v) is 2.48. The summed E-state index contributed by atoms with van der Waals surface area (Å²) in [6, 6.07) is 0. The standard InChI is InChI=1S/C15H26O/c1-11(13(3)16)8-9-14-12(2)7-6-10-15(14,4)5/h8-9,11,13-14,16H,2,6-7,10H2,1,3-5H3/b9-8+. The van der Waals surface area contributed by atoms with Gasteiger partial charge in [0.2, 0.25) is 0 Å². The topological polar surface area (TPSA) is 20.2 Å². The lowest BCUT2D eigenvalue weighted by molar-refractivity contribution is 0.156. The van der Waals surface area contributed by atoms with E-state index in [1.807, 2.05) is 6.92 Å². The maximum atomic E-state index is 9.47. The van der Waals surface area contributed by atoms with Gasteiger partial charge in [0.15, 0.2) is 0 Å². The third kappa shape index (κ3) is 3.21. The average molecular weight is 222 g/mol. The predicted octanol–water partition coefficient (Wildman–Crippen LogP) is 3.94. The van der Waals surface area contributed by atoms with E-state index in [0.29, 0.717) is 11.3 Å². The van der Waals surface area contributed by atoms with E-state index in [1.165, 1.54) is 18.4 Å². The number of rotatable bonds is 3. The third-order valence-corrected chi connectivity index (χ3v) is 3.97. The second-order valence-electron chi connectivity index (χ2n) is 5.96. The fraction of sp³-hybridized carbons (Fsp3) is 0.733. The molecule has 0 saturated heterocycles. The van der Waals surface area contributed by atoms with Crippen molar-refractivity contribution in [2.24, 2.45) is 17.3 Å². The minimum atomic E-state index is -0.267. The van der Waals surface area contributed by atoms with E-state index >= 15 is 0 Å². The van der Waals surface area contributed by atoms with Crippen molar-refractivity contribution in [3.05, 3.63) is 24.3 Å². The monoisotopic (exact) mass is 222 g/mol. The van der Waals surface area contributed by atoms with Gasteiger partial charge in [-0.2, -0.15) is 0 Å². The van der Waals surface area contributed by atoms with Crippen LogP contribution in [0.1, 0.15) is 47.0 Å². The molecule has 92 valence electrons. The van der Waals surface area contributed by atoms with E-state index < -0.39 is 0 Å². The molecule has 0 amide bonds. The number of hydrogen-bond acceptors (Lipinski definition) is 1. The molecule has 1 saturated carbocycles. The van der Waals surface area contributed by atoms with Crippen molar-refractivity contribution in [1.82, 2.24) is 0 Å². The molecule has 1 N–H and O–H groups in total. The lowest BCUT2D eigenvalue weighted by Gasteiger charge is -2.38. The van der Waals surface area contributed by atoms with Gasteiger partial charge in [-0.05, 0) is 37.5 Å². The normalized spacial score (nSPS) is 29.3. The molecule has 0 aliphatic heterocycles. The maximum absolute atomic E-state index is 9.47. The van der Waals surface area contributed by atoms with Crippen LogP contribution in [0.3, 0.4) is 0 Å². The Morgan fingerprint density at radius 3 is 2.56 bits per heavy atom. The Bertz CT molecular complexity index is 273. The van der Waals surface area contributed by atoms with E-state index in [2.05, 4.69) is 39.5 Å².